The molecule has 0 fully saturated rings. The van der Waals surface area contributed by atoms with Crippen molar-refractivity contribution in [2.75, 3.05) is 13.2 Å². The van der Waals surface area contributed by atoms with Gasteiger partial charge < -0.3 is 9.47 Å². The maximum atomic E-state index is 12.5. The molecule has 27 heavy (non-hydrogen) atoms. The summed E-state index contributed by atoms with van der Waals surface area (Å²) in [4.78, 5) is 12.5. The van der Waals surface area contributed by atoms with Crippen molar-refractivity contribution in [1.82, 2.24) is 9.78 Å². The summed E-state index contributed by atoms with van der Waals surface area (Å²) in [5.41, 5.74) is 4.20. The van der Waals surface area contributed by atoms with Crippen LogP contribution in [0.25, 0.3) is 0 Å². The van der Waals surface area contributed by atoms with Gasteiger partial charge in [0.1, 0.15) is 24.5 Å². The van der Waals surface area contributed by atoms with Gasteiger partial charge in [-0.2, -0.15) is 5.10 Å². The van der Waals surface area contributed by atoms with Gasteiger partial charge >= 0.3 is 5.97 Å². The van der Waals surface area contributed by atoms with Crippen molar-refractivity contribution in [3.63, 3.8) is 0 Å². The highest BCUT2D eigenvalue weighted by molar-refractivity contribution is 5.91. The smallest absolute Gasteiger partial charge is 0.342 e. The molecule has 0 aliphatic heterocycles. The van der Waals surface area contributed by atoms with Gasteiger partial charge in [-0.3, -0.25) is 4.68 Å². The SMILES string of the molecule is Cc1ccccc1OCCOC(=O)c1c(C)nn(Cc2ccccc2)c1C. The molecule has 0 spiro atoms. The van der Waals surface area contributed by atoms with E-state index in [2.05, 4.69) is 5.10 Å². The summed E-state index contributed by atoms with van der Waals surface area (Å²) in [6.07, 6.45) is 0. The molecule has 0 saturated heterocycles. The zero-order chi connectivity index (χ0) is 19.2. The van der Waals surface area contributed by atoms with Gasteiger partial charge in [0.15, 0.2) is 0 Å². The Kier molecular flexibility index (Phi) is 5.91. The van der Waals surface area contributed by atoms with Crippen LogP contribution in [0.4, 0.5) is 0 Å². The third-order valence-electron chi connectivity index (χ3n) is 4.43. The van der Waals surface area contributed by atoms with Gasteiger partial charge in [0.25, 0.3) is 0 Å². The summed E-state index contributed by atoms with van der Waals surface area (Å²) >= 11 is 0. The Hall–Kier alpha value is -3.08. The van der Waals surface area contributed by atoms with Gasteiger partial charge in [-0.05, 0) is 38.0 Å². The number of carbonyl (C=O) groups is 1. The molecule has 0 saturated carbocycles. The maximum Gasteiger partial charge on any atom is 0.342 e. The molecule has 0 radical (unpaired) electrons. The van der Waals surface area contributed by atoms with Crippen LogP contribution in [0.1, 0.15) is 32.9 Å². The zero-order valence-electron chi connectivity index (χ0n) is 15.9. The highest BCUT2D eigenvalue weighted by Crippen LogP contribution is 2.17. The summed E-state index contributed by atoms with van der Waals surface area (Å²) in [7, 11) is 0. The highest BCUT2D eigenvalue weighted by atomic mass is 16.6. The second-order valence-corrected chi connectivity index (χ2v) is 6.44. The van der Waals surface area contributed by atoms with Crippen LogP contribution in [0.3, 0.4) is 0 Å². The fourth-order valence-corrected chi connectivity index (χ4v) is 2.98. The van der Waals surface area contributed by atoms with E-state index in [1.165, 1.54) is 0 Å². The fraction of sp³-hybridized carbons (Fsp3) is 0.273. The predicted octanol–water partition coefficient (Wildman–Crippen LogP) is 4.09. The standard InChI is InChI=1S/C22H24N2O3/c1-16-9-7-8-12-20(16)26-13-14-27-22(25)21-17(2)23-24(18(21)3)15-19-10-5-4-6-11-19/h4-12H,13-15H2,1-3H3. The van der Waals surface area contributed by atoms with E-state index in [1.807, 2.05) is 80.1 Å². The van der Waals surface area contributed by atoms with Gasteiger partial charge in [-0.25, -0.2) is 4.79 Å². The molecule has 140 valence electrons. The molecule has 1 heterocycles. The van der Waals surface area contributed by atoms with E-state index in [4.69, 9.17) is 9.47 Å². The maximum absolute atomic E-state index is 12.5. The van der Waals surface area contributed by atoms with Gasteiger partial charge in [-0.15, -0.1) is 0 Å². The van der Waals surface area contributed by atoms with Crippen LogP contribution in [-0.2, 0) is 11.3 Å². The van der Waals surface area contributed by atoms with Crippen LogP contribution in [0, 0.1) is 20.8 Å². The Morgan fingerprint density at radius 1 is 0.963 bits per heavy atom. The minimum absolute atomic E-state index is 0.190. The molecule has 0 bridgehead atoms. The van der Waals surface area contributed by atoms with Crippen molar-refractivity contribution in [1.29, 1.82) is 0 Å². The summed E-state index contributed by atoms with van der Waals surface area (Å²) < 4.78 is 12.9. The third-order valence-corrected chi connectivity index (χ3v) is 4.43. The molecular weight excluding hydrogens is 340 g/mol. The van der Waals surface area contributed by atoms with Gasteiger partial charge in [0.05, 0.1) is 17.9 Å². The quantitative estimate of drug-likeness (QED) is 0.468. The Balaban J connectivity index is 1.59. The van der Waals surface area contributed by atoms with Crippen molar-refractivity contribution in [2.24, 2.45) is 0 Å². The molecule has 3 rings (SSSR count). The van der Waals surface area contributed by atoms with Gasteiger partial charge in [0, 0.05) is 0 Å². The largest absolute Gasteiger partial charge is 0.490 e. The monoisotopic (exact) mass is 364 g/mol. The number of rotatable bonds is 7. The molecule has 3 aromatic rings. The molecule has 5 nitrogen and oxygen atoms in total. The lowest BCUT2D eigenvalue weighted by atomic mass is 10.2. The number of para-hydroxylation sites is 1. The number of benzene rings is 2. The Morgan fingerprint density at radius 2 is 1.67 bits per heavy atom. The van der Waals surface area contributed by atoms with E-state index >= 15 is 0 Å². The fourth-order valence-electron chi connectivity index (χ4n) is 2.98. The average molecular weight is 364 g/mol. The minimum atomic E-state index is -0.363. The van der Waals surface area contributed by atoms with Crippen LogP contribution in [0.5, 0.6) is 5.75 Å². The van der Waals surface area contributed by atoms with Crippen molar-refractivity contribution >= 4 is 5.97 Å². The molecular formula is C22H24N2O3. The molecule has 0 N–H and O–H groups in total. The summed E-state index contributed by atoms with van der Waals surface area (Å²) in [6.45, 7) is 6.83. The second kappa shape index (κ2) is 8.54. The summed E-state index contributed by atoms with van der Waals surface area (Å²) in [5, 5.41) is 4.50. The molecule has 1 aromatic heterocycles. The van der Waals surface area contributed by atoms with Crippen LogP contribution in [0.2, 0.25) is 0 Å². The molecule has 0 aliphatic carbocycles. The minimum Gasteiger partial charge on any atom is -0.490 e. The predicted molar refractivity (Wildman–Crippen MR) is 104 cm³/mol. The van der Waals surface area contributed by atoms with Crippen molar-refractivity contribution in [2.45, 2.75) is 27.3 Å². The lowest BCUT2D eigenvalue weighted by Gasteiger charge is -2.09. The number of carbonyl (C=O) groups excluding carboxylic acids is 1. The molecule has 0 unspecified atom stereocenters. The van der Waals surface area contributed by atoms with Crippen LogP contribution >= 0.6 is 0 Å². The normalized spacial score (nSPS) is 10.6. The van der Waals surface area contributed by atoms with Crippen molar-refractivity contribution in [3.8, 4) is 5.75 Å². The van der Waals surface area contributed by atoms with Crippen LogP contribution < -0.4 is 4.74 Å². The number of ether oxygens (including phenoxy) is 2. The molecule has 2 aromatic carbocycles. The van der Waals surface area contributed by atoms with Crippen LogP contribution in [-0.4, -0.2) is 29.0 Å². The zero-order valence-corrected chi connectivity index (χ0v) is 15.9. The number of hydrogen-bond donors (Lipinski definition) is 0. The Labute approximate surface area is 159 Å². The number of hydrogen-bond acceptors (Lipinski definition) is 4. The van der Waals surface area contributed by atoms with E-state index in [-0.39, 0.29) is 12.6 Å². The first-order chi connectivity index (χ1) is 13.1. The number of esters is 1. The topological polar surface area (TPSA) is 53.4 Å². The molecule has 0 aliphatic rings. The molecule has 0 amide bonds. The first-order valence-corrected chi connectivity index (χ1v) is 8.99. The number of aryl methyl sites for hydroxylation is 2. The lowest BCUT2D eigenvalue weighted by Crippen LogP contribution is -2.14. The van der Waals surface area contributed by atoms with E-state index in [0.717, 1.165) is 22.6 Å². The van der Waals surface area contributed by atoms with E-state index < -0.39 is 0 Å². The van der Waals surface area contributed by atoms with E-state index in [9.17, 15) is 4.79 Å². The first-order valence-electron chi connectivity index (χ1n) is 8.99. The van der Waals surface area contributed by atoms with Crippen LogP contribution in [0.15, 0.2) is 54.6 Å². The van der Waals surface area contributed by atoms with E-state index in [0.29, 0.717) is 24.4 Å². The third kappa shape index (κ3) is 4.56. The van der Waals surface area contributed by atoms with Gasteiger partial charge in [0.2, 0.25) is 0 Å². The Morgan fingerprint density at radius 3 is 2.41 bits per heavy atom. The number of nitrogens with zero attached hydrogens (tertiary/aromatic N) is 2. The van der Waals surface area contributed by atoms with Crippen molar-refractivity contribution in [3.05, 3.63) is 82.7 Å². The van der Waals surface area contributed by atoms with E-state index in [1.54, 1.807) is 0 Å². The molecule has 0 atom stereocenters. The summed E-state index contributed by atoms with van der Waals surface area (Å²) in [6, 6.07) is 17.8. The van der Waals surface area contributed by atoms with Crippen molar-refractivity contribution < 1.29 is 14.3 Å². The van der Waals surface area contributed by atoms with Gasteiger partial charge in [-0.1, -0.05) is 48.5 Å². The second-order valence-electron chi connectivity index (χ2n) is 6.44. The highest BCUT2D eigenvalue weighted by Gasteiger charge is 2.20. The summed E-state index contributed by atoms with van der Waals surface area (Å²) in [5.74, 6) is 0.439. The first kappa shape index (κ1) is 18.7. The number of aromatic nitrogens is 2. The Bertz CT molecular complexity index is 917. The average Bonchev–Trinajstić information content (AvgIpc) is 2.94. The lowest BCUT2D eigenvalue weighted by molar-refractivity contribution is 0.0448. The molecule has 5 heteroatoms.